The quantitative estimate of drug-likeness (QED) is 0.786. The summed E-state index contributed by atoms with van der Waals surface area (Å²) < 4.78 is 0. The lowest BCUT2D eigenvalue weighted by molar-refractivity contribution is 0.182. The first-order valence-electron chi connectivity index (χ1n) is 8.15. The van der Waals surface area contributed by atoms with Crippen LogP contribution in [0.2, 0.25) is 10.0 Å². The van der Waals surface area contributed by atoms with Crippen LogP contribution in [0.5, 0.6) is 0 Å². The minimum atomic E-state index is 0.678. The molecule has 0 unspecified atom stereocenters. The van der Waals surface area contributed by atoms with E-state index in [1.54, 1.807) is 6.07 Å². The normalized spacial score (nSPS) is 16.4. The number of anilines is 1. The van der Waals surface area contributed by atoms with Crippen LogP contribution in [-0.4, -0.2) is 24.5 Å². The number of nitrogens with one attached hydrogen (secondary N) is 1. The van der Waals surface area contributed by atoms with E-state index in [9.17, 15) is 0 Å². The van der Waals surface area contributed by atoms with Gasteiger partial charge in [-0.25, -0.2) is 0 Å². The molecule has 1 saturated heterocycles. The Balaban J connectivity index is 1.44. The molecule has 1 heterocycles. The predicted octanol–water partition coefficient (Wildman–Crippen LogP) is 5.32. The van der Waals surface area contributed by atoms with Gasteiger partial charge in [0.1, 0.15) is 0 Å². The molecular weight excluding hydrogens is 327 g/mol. The molecule has 1 N–H and O–H groups in total. The first-order valence-corrected chi connectivity index (χ1v) is 8.91. The van der Waals surface area contributed by atoms with E-state index in [1.165, 1.54) is 18.4 Å². The van der Waals surface area contributed by atoms with Crippen LogP contribution < -0.4 is 5.32 Å². The van der Waals surface area contributed by atoms with Crippen molar-refractivity contribution >= 4 is 28.9 Å². The van der Waals surface area contributed by atoms with Gasteiger partial charge in [-0.1, -0.05) is 53.5 Å². The number of rotatable bonds is 5. The maximum atomic E-state index is 6.04. The fraction of sp³-hybridized carbons (Fsp3) is 0.368. The fourth-order valence-corrected chi connectivity index (χ4v) is 3.63. The highest BCUT2D eigenvalue weighted by atomic mass is 35.5. The summed E-state index contributed by atoms with van der Waals surface area (Å²) >= 11 is 12.1. The number of benzene rings is 2. The van der Waals surface area contributed by atoms with Gasteiger partial charge in [0.05, 0.1) is 0 Å². The van der Waals surface area contributed by atoms with Gasteiger partial charge in [0, 0.05) is 28.8 Å². The van der Waals surface area contributed by atoms with Gasteiger partial charge in [0.2, 0.25) is 0 Å². The van der Waals surface area contributed by atoms with Crippen LogP contribution in [0, 0.1) is 5.92 Å². The summed E-state index contributed by atoms with van der Waals surface area (Å²) in [7, 11) is 0. The molecule has 2 nitrogen and oxygen atoms in total. The molecule has 0 bridgehead atoms. The maximum absolute atomic E-state index is 6.04. The van der Waals surface area contributed by atoms with E-state index in [0.717, 1.165) is 31.9 Å². The van der Waals surface area contributed by atoms with E-state index < -0.39 is 0 Å². The molecule has 3 rings (SSSR count). The van der Waals surface area contributed by atoms with Crippen LogP contribution in [-0.2, 0) is 6.54 Å². The van der Waals surface area contributed by atoms with Crippen LogP contribution in [0.25, 0.3) is 0 Å². The largest absolute Gasteiger partial charge is 0.385 e. The van der Waals surface area contributed by atoms with Crippen molar-refractivity contribution in [1.29, 1.82) is 0 Å². The number of piperidine rings is 1. The van der Waals surface area contributed by atoms with Crippen molar-refractivity contribution in [2.24, 2.45) is 5.92 Å². The predicted molar refractivity (Wildman–Crippen MR) is 99.4 cm³/mol. The van der Waals surface area contributed by atoms with Crippen LogP contribution in [0.3, 0.4) is 0 Å². The first kappa shape index (κ1) is 16.6. The van der Waals surface area contributed by atoms with Gasteiger partial charge >= 0.3 is 0 Å². The summed E-state index contributed by atoms with van der Waals surface area (Å²) in [6.45, 7) is 4.37. The van der Waals surface area contributed by atoms with Gasteiger partial charge in [0.15, 0.2) is 0 Å². The molecule has 0 atom stereocenters. The van der Waals surface area contributed by atoms with Crippen molar-refractivity contribution < 1.29 is 0 Å². The highest BCUT2D eigenvalue weighted by molar-refractivity contribution is 6.35. The second-order valence-corrected chi connectivity index (χ2v) is 7.12. The van der Waals surface area contributed by atoms with Crippen molar-refractivity contribution in [3.05, 3.63) is 64.1 Å². The van der Waals surface area contributed by atoms with Gasteiger partial charge < -0.3 is 5.32 Å². The number of likely N-dealkylation sites (tertiary alicyclic amines) is 1. The average molecular weight is 349 g/mol. The van der Waals surface area contributed by atoms with Gasteiger partial charge in [-0.2, -0.15) is 0 Å². The lowest BCUT2D eigenvalue weighted by Crippen LogP contribution is -2.35. The fourth-order valence-electron chi connectivity index (χ4n) is 3.11. The van der Waals surface area contributed by atoms with Crippen molar-refractivity contribution in [2.45, 2.75) is 19.4 Å². The lowest BCUT2D eigenvalue weighted by atomic mass is 9.96. The molecule has 23 heavy (non-hydrogen) atoms. The maximum Gasteiger partial charge on any atom is 0.0441 e. The van der Waals surface area contributed by atoms with Crippen molar-refractivity contribution in [1.82, 2.24) is 4.90 Å². The third kappa shape index (κ3) is 5.13. The number of hydrogen-bond acceptors (Lipinski definition) is 2. The van der Waals surface area contributed by atoms with Crippen molar-refractivity contribution in [2.75, 3.05) is 25.0 Å². The molecule has 2 aromatic rings. The molecule has 122 valence electrons. The molecular formula is C19H22Cl2N2. The van der Waals surface area contributed by atoms with Crippen LogP contribution in [0.4, 0.5) is 5.69 Å². The molecule has 0 radical (unpaired) electrons. The van der Waals surface area contributed by atoms with Crippen molar-refractivity contribution in [3.63, 3.8) is 0 Å². The molecule has 1 aliphatic heterocycles. The van der Waals surface area contributed by atoms with Crippen LogP contribution >= 0.6 is 23.2 Å². The Bertz CT molecular complexity index is 602. The molecule has 4 heteroatoms. The second kappa shape index (κ2) is 8.05. The molecule has 1 fully saturated rings. The molecule has 0 saturated carbocycles. The van der Waals surface area contributed by atoms with E-state index in [-0.39, 0.29) is 0 Å². The van der Waals surface area contributed by atoms with E-state index in [2.05, 4.69) is 40.5 Å². The van der Waals surface area contributed by atoms with Gasteiger partial charge in [-0.3, -0.25) is 4.90 Å². The zero-order chi connectivity index (χ0) is 16.1. The standard InChI is InChI=1S/C19H22Cl2N2/c20-17-10-18(21)12-19(11-17)22-13-15-6-8-23(9-7-15)14-16-4-2-1-3-5-16/h1-5,10-12,15,22H,6-9,13-14H2. The third-order valence-electron chi connectivity index (χ3n) is 4.41. The average Bonchev–Trinajstić information content (AvgIpc) is 2.54. The summed E-state index contributed by atoms with van der Waals surface area (Å²) in [6, 6.07) is 16.3. The summed E-state index contributed by atoms with van der Waals surface area (Å²) in [5.41, 5.74) is 2.41. The highest BCUT2D eigenvalue weighted by Gasteiger charge is 2.19. The Hall–Kier alpha value is -1.22. The highest BCUT2D eigenvalue weighted by Crippen LogP contribution is 2.24. The minimum absolute atomic E-state index is 0.678. The molecule has 0 spiro atoms. The summed E-state index contributed by atoms with van der Waals surface area (Å²) in [6.07, 6.45) is 2.46. The first-order chi connectivity index (χ1) is 11.2. The van der Waals surface area contributed by atoms with Crippen LogP contribution in [0.15, 0.2) is 48.5 Å². The Morgan fingerprint density at radius 1 is 0.957 bits per heavy atom. The molecule has 0 aliphatic carbocycles. The van der Waals surface area contributed by atoms with E-state index in [4.69, 9.17) is 23.2 Å². The summed E-state index contributed by atoms with van der Waals surface area (Å²) in [4.78, 5) is 2.54. The van der Waals surface area contributed by atoms with Gasteiger partial charge in [-0.15, -0.1) is 0 Å². The molecule has 0 aromatic heterocycles. The molecule has 0 amide bonds. The smallest absolute Gasteiger partial charge is 0.0441 e. The Kier molecular flexibility index (Phi) is 5.82. The summed E-state index contributed by atoms with van der Waals surface area (Å²) in [5.74, 6) is 0.708. The van der Waals surface area contributed by atoms with Gasteiger partial charge in [0.25, 0.3) is 0 Å². The second-order valence-electron chi connectivity index (χ2n) is 6.24. The van der Waals surface area contributed by atoms with E-state index in [1.807, 2.05) is 12.1 Å². The van der Waals surface area contributed by atoms with E-state index >= 15 is 0 Å². The number of hydrogen-bond donors (Lipinski definition) is 1. The number of nitrogens with zero attached hydrogens (tertiary/aromatic N) is 1. The lowest BCUT2D eigenvalue weighted by Gasteiger charge is -2.32. The monoisotopic (exact) mass is 348 g/mol. The molecule has 1 aliphatic rings. The zero-order valence-corrected chi connectivity index (χ0v) is 14.7. The zero-order valence-electron chi connectivity index (χ0n) is 13.1. The van der Waals surface area contributed by atoms with Crippen LogP contribution in [0.1, 0.15) is 18.4 Å². The van der Waals surface area contributed by atoms with E-state index in [0.29, 0.717) is 16.0 Å². The summed E-state index contributed by atoms with van der Waals surface area (Å²) in [5, 5.41) is 4.83. The Morgan fingerprint density at radius 3 is 2.26 bits per heavy atom. The van der Waals surface area contributed by atoms with Gasteiger partial charge in [-0.05, 0) is 55.6 Å². The third-order valence-corrected chi connectivity index (χ3v) is 4.85. The topological polar surface area (TPSA) is 15.3 Å². The Morgan fingerprint density at radius 2 is 1.61 bits per heavy atom. The molecule has 2 aromatic carbocycles. The number of halogens is 2. The SMILES string of the molecule is Clc1cc(Cl)cc(NCC2CCN(Cc3ccccc3)CC2)c1. The minimum Gasteiger partial charge on any atom is -0.385 e. The van der Waals surface area contributed by atoms with Crippen molar-refractivity contribution in [3.8, 4) is 0 Å². The Labute approximate surface area is 148 Å².